The second-order valence-corrected chi connectivity index (χ2v) is 9.33. The summed E-state index contributed by atoms with van der Waals surface area (Å²) in [4.78, 5) is 12.6. The van der Waals surface area contributed by atoms with Crippen molar-refractivity contribution < 1.29 is 13.2 Å². The fraction of sp³-hybridized carbons (Fsp3) is 0.381. The van der Waals surface area contributed by atoms with Crippen LogP contribution in [-0.4, -0.2) is 38.3 Å². The van der Waals surface area contributed by atoms with Gasteiger partial charge in [-0.1, -0.05) is 30.3 Å². The lowest BCUT2D eigenvalue weighted by Gasteiger charge is -2.26. The number of hydrogen-bond donors (Lipinski definition) is 1. The Morgan fingerprint density at radius 3 is 2.52 bits per heavy atom. The van der Waals surface area contributed by atoms with Crippen molar-refractivity contribution in [1.82, 2.24) is 9.62 Å². The Morgan fingerprint density at radius 2 is 1.81 bits per heavy atom. The molecule has 6 heteroatoms. The molecule has 27 heavy (non-hydrogen) atoms. The number of sulfonamides is 1. The highest BCUT2D eigenvalue weighted by atomic mass is 32.2. The predicted octanol–water partition coefficient (Wildman–Crippen LogP) is 2.60. The lowest BCUT2D eigenvalue weighted by molar-refractivity contribution is -0.121. The van der Waals surface area contributed by atoms with E-state index in [1.807, 2.05) is 26.0 Å². The molecule has 0 bridgehead atoms. The van der Waals surface area contributed by atoms with Gasteiger partial charge in [0.2, 0.25) is 15.9 Å². The van der Waals surface area contributed by atoms with Gasteiger partial charge in [0.15, 0.2) is 0 Å². The normalized spacial score (nSPS) is 16.8. The summed E-state index contributed by atoms with van der Waals surface area (Å²) >= 11 is 0. The lowest BCUT2D eigenvalue weighted by atomic mass is 9.88. The lowest BCUT2D eigenvalue weighted by Crippen LogP contribution is -2.44. The Morgan fingerprint density at radius 1 is 1.11 bits per heavy atom. The summed E-state index contributed by atoms with van der Waals surface area (Å²) in [6.07, 6.45) is 2.59. The summed E-state index contributed by atoms with van der Waals surface area (Å²) in [5.74, 6) is -0.269. The highest BCUT2D eigenvalue weighted by Crippen LogP contribution is 2.21. The molecular weight excluding hydrogens is 360 g/mol. The molecule has 0 radical (unpaired) electrons. The average Bonchev–Trinajstić information content (AvgIpc) is 2.63. The van der Waals surface area contributed by atoms with Gasteiger partial charge < -0.3 is 5.32 Å². The standard InChI is InChI=1S/C21H26N2O3S/c1-15-8-11-20(12-16(15)2)27(25,26)23(3)14-21(24)22-19-10-9-17-6-4-5-7-18(17)13-19/h4-8,11-12,19H,9-10,13-14H2,1-3H3,(H,22,24). The van der Waals surface area contributed by atoms with E-state index in [0.717, 1.165) is 34.7 Å². The molecule has 0 heterocycles. The Balaban J connectivity index is 1.63. The van der Waals surface area contributed by atoms with E-state index in [1.165, 1.54) is 18.2 Å². The van der Waals surface area contributed by atoms with Crippen LogP contribution < -0.4 is 5.32 Å². The molecule has 2 aromatic carbocycles. The Bertz CT molecular complexity index is 954. The van der Waals surface area contributed by atoms with Gasteiger partial charge in [0.05, 0.1) is 11.4 Å². The molecule has 0 aromatic heterocycles. The van der Waals surface area contributed by atoms with Crippen molar-refractivity contribution in [2.24, 2.45) is 0 Å². The van der Waals surface area contributed by atoms with Crippen molar-refractivity contribution in [1.29, 1.82) is 0 Å². The number of carbonyl (C=O) groups excluding carboxylic acids is 1. The molecule has 1 N–H and O–H groups in total. The quantitative estimate of drug-likeness (QED) is 0.859. The van der Waals surface area contributed by atoms with Gasteiger partial charge in [0, 0.05) is 13.1 Å². The van der Waals surface area contributed by atoms with E-state index in [0.29, 0.717) is 0 Å². The molecular formula is C21H26N2O3S. The summed E-state index contributed by atoms with van der Waals surface area (Å²) in [5, 5.41) is 2.99. The Kier molecular flexibility index (Phi) is 5.67. The number of benzene rings is 2. The molecule has 0 saturated carbocycles. The molecule has 3 rings (SSSR count). The summed E-state index contributed by atoms with van der Waals surface area (Å²) in [6.45, 7) is 3.63. The smallest absolute Gasteiger partial charge is 0.243 e. The number of fused-ring (bicyclic) bond motifs is 1. The molecule has 1 atom stereocenters. The molecule has 5 nitrogen and oxygen atoms in total. The summed E-state index contributed by atoms with van der Waals surface area (Å²) in [7, 11) is -2.25. The number of nitrogens with one attached hydrogen (secondary N) is 1. The molecule has 0 fully saturated rings. The Hall–Kier alpha value is -2.18. The maximum atomic E-state index is 12.7. The van der Waals surface area contributed by atoms with Crippen LogP contribution in [0.1, 0.15) is 28.7 Å². The summed E-state index contributed by atoms with van der Waals surface area (Å²) in [5.41, 5.74) is 4.53. The third-order valence-corrected chi connectivity index (χ3v) is 7.06. The minimum atomic E-state index is -3.69. The second-order valence-electron chi connectivity index (χ2n) is 7.28. The zero-order valence-electron chi connectivity index (χ0n) is 16.0. The Labute approximate surface area is 161 Å². The molecule has 1 aliphatic rings. The zero-order valence-corrected chi connectivity index (χ0v) is 16.8. The van der Waals surface area contributed by atoms with Crippen molar-refractivity contribution in [2.75, 3.05) is 13.6 Å². The number of aryl methyl sites for hydroxylation is 3. The van der Waals surface area contributed by atoms with Crippen LogP contribution in [-0.2, 0) is 27.7 Å². The van der Waals surface area contributed by atoms with E-state index in [4.69, 9.17) is 0 Å². The molecule has 1 amide bonds. The van der Waals surface area contributed by atoms with E-state index in [9.17, 15) is 13.2 Å². The molecule has 1 unspecified atom stereocenters. The highest BCUT2D eigenvalue weighted by Gasteiger charge is 2.25. The van der Waals surface area contributed by atoms with Crippen LogP contribution in [0, 0.1) is 13.8 Å². The van der Waals surface area contributed by atoms with Crippen LogP contribution in [0.4, 0.5) is 0 Å². The van der Waals surface area contributed by atoms with Gasteiger partial charge in [-0.05, 0) is 67.5 Å². The van der Waals surface area contributed by atoms with E-state index in [2.05, 4.69) is 17.4 Å². The van der Waals surface area contributed by atoms with Crippen LogP contribution >= 0.6 is 0 Å². The average molecular weight is 387 g/mol. The maximum Gasteiger partial charge on any atom is 0.243 e. The fourth-order valence-electron chi connectivity index (χ4n) is 3.44. The van der Waals surface area contributed by atoms with Crippen molar-refractivity contribution >= 4 is 15.9 Å². The van der Waals surface area contributed by atoms with Crippen LogP contribution in [0.25, 0.3) is 0 Å². The molecule has 0 aliphatic heterocycles. The van der Waals surface area contributed by atoms with Crippen molar-refractivity contribution in [2.45, 2.75) is 44.0 Å². The molecule has 2 aromatic rings. The van der Waals surface area contributed by atoms with E-state index < -0.39 is 10.0 Å². The van der Waals surface area contributed by atoms with E-state index in [1.54, 1.807) is 18.2 Å². The molecule has 144 valence electrons. The van der Waals surface area contributed by atoms with Crippen molar-refractivity contribution in [3.8, 4) is 0 Å². The van der Waals surface area contributed by atoms with Gasteiger partial charge in [-0.3, -0.25) is 4.79 Å². The van der Waals surface area contributed by atoms with Gasteiger partial charge in [-0.15, -0.1) is 0 Å². The molecule has 0 saturated heterocycles. The topological polar surface area (TPSA) is 66.5 Å². The number of hydrogen-bond acceptors (Lipinski definition) is 3. The minimum absolute atomic E-state index is 0.0464. The van der Waals surface area contributed by atoms with E-state index in [-0.39, 0.29) is 23.4 Å². The van der Waals surface area contributed by atoms with Gasteiger partial charge >= 0.3 is 0 Å². The monoisotopic (exact) mass is 386 g/mol. The first-order chi connectivity index (χ1) is 12.8. The number of carbonyl (C=O) groups is 1. The summed E-state index contributed by atoms with van der Waals surface area (Å²) < 4.78 is 26.6. The number of amides is 1. The van der Waals surface area contributed by atoms with Crippen molar-refractivity contribution in [3.05, 3.63) is 64.7 Å². The maximum absolute atomic E-state index is 12.7. The number of rotatable bonds is 5. The van der Waals surface area contributed by atoms with E-state index >= 15 is 0 Å². The van der Waals surface area contributed by atoms with Crippen LogP contribution in [0.15, 0.2) is 47.4 Å². The van der Waals surface area contributed by atoms with Crippen molar-refractivity contribution in [3.63, 3.8) is 0 Å². The minimum Gasteiger partial charge on any atom is -0.352 e. The van der Waals surface area contributed by atoms with Gasteiger partial charge in [0.25, 0.3) is 0 Å². The SMILES string of the molecule is Cc1ccc(S(=O)(=O)N(C)CC(=O)NC2CCc3ccccc3C2)cc1C. The zero-order chi connectivity index (χ0) is 19.6. The van der Waals surface area contributed by atoms with Crippen LogP contribution in [0.5, 0.6) is 0 Å². The van der Waals surface area contributed by atoms with Crippen LogP contribution in [0.3, 0.4) is 0 Å². The van der Waals surface area contributed by atoms with Gasteiger partial charge in [-0.25, -0.2) is 8.42 Å². The van der Waals surface area contributed by atoms with Crippen LogP contribution in [0.2, 0.25) is 0 Å². The first kappa shape index (κ1) is 19.6. The molecule has 0 spiro atoms. The number of likely N-dealkylation sites (N-methyl/N-ethyl adjacent to an activating group) is 1. The third-order valence-electron chi connectivity index (χ3n) is 5.26. The highest BCUT2D eigenvalue weighted by molar-refractivity contribution is 7.89. The van der Waals surface area contributed by atoms with Gasteiger partial charge in [0.1, 0.15) is 0 Å². The number of nitrogens with zero attached hydrogens (tertiary/aromatic N) is 1. The predicted molar refractivity (Wildman–Crippen MR) is 106 cm³/mol. The third kappa shape index (κ3) is 4.39. The first-order valence-electron chi connectivity index (χ1n) is 9.17. The second kappa shape index (κ2) is 7.82. The first-order valence-corrected chi connectivity index (χ1v) is 10.6. The summed E-state index contributed by atoms with van der Waals surface area (Å²) in [6, 6.07) is 13.3. The fourth-order valence-corrected chi connectivity index (χ4v) is 4.65. The molecule has 1 aliphatic carbocycles. The van der Waals surface area contributed by atoms with Gasteiger partial charge in [-0.2, -0.15) is 4.31 Å². The largest absolute Gasteiger partial charge is 0.352 e.